The van der Waals surface area contributed by atoms with E-state index in [4.69, 9.17) is 0 Å². The van der Waals surface area contributed by atoms with Crippen LogP contribution in [0.15, 0.2) is 97.1 Å². The van der Waals surface area contributed by atoms with Crippen molar-refractivity contribution in [3.8, 4) is 22.3 Å². The van der Waals surface area contributed by atoms with Gasteiger partial charge in [-0.05, 0) is 41.0 Å². The number of halogens is 2. The Labute approximate surface area is 163 Å². The molecule has 0 aromatic heterocycles. The second kappa shape index (κ2) is 7.65. The summed E-state index contributed by atoms with van der Waals surface area (Å²) in [7, 11) is 1.68. The van der Waals surface area contributed by atoms with Crippen LogP contribution in [0, 0.1) is 11.6 Å². The lowest BCUT2D eigenvalue weighted by Gasteiger charge is -2.23. The van der Waals surface area contributed by atoms with Crippen molar-refractivity contribution in [3.05, 3.63) is 109 Å². The van der Waals surface area contributed by atoms with E-state index in [0.29, 0.717) is 16.9 Å². The first-order chi connectivity index (χ1) is 13.6. The zero-order valence-electron chi connectivity index (χ0n) is 15.4. The molecule has 0 aliphatic heterocycles. The van der Waals surface area contributed by atoms with Crippen LogP contribution in [0.5, 0.6) is 0 Å². The van der Waals surface area contributed by atoms with Crippen molar-refractivity contribution < 1.29 is 8.78 Å². The van der Waals surface area contributed by atoms with Crippen molar-refractivity contribution in [1.29, 1.82) is 0 Å². The Bertz CT molecular complexity index is 1090. The second-order valence-corrected chi connectivity index (χ2v) is 6.60. The summed E-state index contributed by atoms with van der Waals surface area (Å²) in [5.41, 5.74) is 3.76. The molecule has 4 rings (SSSR count). The average molecular weight is 371 g/mol. The van der Waals surface area contributed by atoms with Crippen LogP contribution in [0.1, 0.15) is 0 Å². The van der Waals surface area contributed by atoms with Crippen LogP contribution in [0.2, 0.25) is 0 Å². The van der Waals surface area contributed by atoms with Gasteiger partial charge in [-0.15, -0.1) is 0 Å². The molecule has 0 unspecified atom stereocenters. The van der Waals surface area contributed by atoms with Crippen LogP contribution in [0.25, 0.3) is 22.3 Å². The minimum Gasteiger partial charge on any atom is -0.340 e. The summed E-state index contributed by atoms with van der Waals surface area (Å²) < 4.78 is 29.9. The Morgan fingerprint density at radius 2 is 1.14 bits per heavy atom. The highest BCUT2D eigenvalue weighted by Gasteiger charge is 2.19. The van der Waals surface area contributed by atoms with Crippen LogP contribution in [0.4, 0.5) is 20.2 Å². The zero-order valence-corrected chi connectivity index (χ0v) is 15.4. The van der Waals surface area contributed by atoms with Gasteiger partial charge < -0.3 is 4.90 Å². The number of rotatable bonds is 4. The van der Waals surface area contributed by atoms with E-state index in [1.807, 2.05) is 66.7 Å². The van der Waals surface area contributed by atoms with Crippen molar-refractivity contribution in [2.24, 2.45) is 0 Å². The summed E-state index contributed by atoms with van der Waals surface area (Å²) >= 11 is 0. The van der Waals surface area contributed by atoms with Crippen LogP contribution in [0.3, 0.4) is 0 Å². The second-order valence-electron chi connectivity index (χ2n) is 6.60. The molecule has 0 bridgehead atoms. The monoisotopic (exact) mass is 371 g/mol. The fraction of sp³-hybridized carbons (Fsp3) is 0.0400. The Hall–Kier alpha value is -3.46. The number of para-hydroxylation sites is 1. The lowest BCUT2D eigenvalue weighted by Crippen LogP contribution is -2.13. The molecule has 0 spiro atoms. The standard InChI is InChI=1S/C25H19F2N/c1-28(23-15-9-8-14-22(23)26)24-17-20(18-10-4-2-5-11-18)16-21(25(24)27)19-12-6-3-7-13-19/h2-17H,1H3. The van der Waals surface area contributed by atoms with E-state index in [1.165, 1.54) is 6.07 Å². The maximum atomic E-state index is 15.6. The average Bonchev–Trinajstić information content (AvgIpc) is 2.75. The Balaban J connectivity index is 1.94. The Morgan fingerprint density at radius 3 is 1.79 bits per heavy atom. The van der Waals surface area contributed by atoms with E-state index in [0.717, 1.165) is 16.7 Å². The third-order valence-corrected chi connectivity index (χ3v) is 4.82. The van der Waals surface area contributed by atoms with Crippen molar-refractivity contribution in [1.82, 2.24) is 0 Å². The lowest BCUT2D eigenvalue weighted by atomic mass is 9.97. The van der Waals surface area contributed by atoms with E-state index in [2.05, 4.69) is 0 Å². The normalized spacial score (nSPS) is 10.7. The first kappa shape index (κ1) is 17.9. The molecule has 0 aliphatic carbocycles. The number of nitrogens with zero attached hydrogens (tertiary/aromatic N) is 1. The quantitative estimate of drug-likeness (QED) is 0.371. The van der Waals surface area contributed by atoms with Gasteiger partial charge in [0.1, 0.15) is 5.82 Å². The summed E-state index contributed by atoms with van der Waals surface area (Å²) in [5.74, 6) is -0.771. The van der Waals surface area contributed by atoms with Gasteiger partial charge in [0.05, 0.1) is 11.4 Å². The fourth-order valence-electron chi connectivity index (χ4n) is 3.33. The van der Waals surface area contributed by atoms with E-state index in [-0.39, 0.29) is 5.82 Å². The Morgan fingerprint density at radius 1 is 0.571 bits per heavy atom. The molecule has 0 atom stereocenters. The van der Waals surface area contributed by atoms with Gasteiger partial charge in [0.15, 0.2) is 5.82 Å². The van der Waals surface area contributed by atoms with Gasteiger partial charge in [0.2, 0.25) is 0 Å². The molecule has 0 N–H and O–H groups in total. The Kier molecular flexibility index (Phi) is 4.90. The highest BCUT2D eigenvalue weighted by Crippen LogP contribution is 2.38. The maximum absolute atomic E-state index is 15.6. The van der Waals surface area contributed by atoms with Gasteiger partial charge in [-0.3, -0.25) is 0 Å². The molecule has 4 aromatic carbocycles. The molecule has 28 heavy (non-hydrogen) atoms. The minimum absolute atomic E-state index is 0.324. The summed E-state index contributed by atoms with van der Waals surface area (Å²) in [6.07, 6.45) is 0. The first-order valence-corrected chi connectivity index (χ1v) is 9.08. The number of hydrogen-bond acceptors (Lipinski definition) is 1. The van der Waals surface area contributed by atoms with Crippen molar-refractivity contribution in [2.45, 2.75) is 0 Å². The fourth-order valence-corrected chi connectivity index (χ4v) is 3.33. The van der Waals surface area contributed by atoms with E-state index >= 15 is 4.39 Å². The van der Waals surface area contributed by atoms with E-state index < -0.39 is 5.82 Å². The summed E-state index contributed by atoms with van der Waals surface area (Å²) in [5, 5.41) is 0. The van der Waals surface area contributed by atoms with Gasteiger partial charge in [0.25, 0.3) is 0 Å². The van der Waals surface area contributed by atoms with Crippen molar-refractivity contribution >= 4 is 11.4 Å². The topological polar surface area (TPSA) is 3.24 Å². The zero-order chi connectivity index (χ0) is 19.5. The molecule has 0 heterocycles. The van der Waals surface area contributed by atoms with Gasteiger partial charge in [0, 0.05) is 12.6 Å². The van der Waals surface area contributed by atoms with Gasteiger partial charge in [-0.1, -0.05) is 72.8 Å². The number of hydrogen-bond donors (Lipinski definition) is 0. The molecule has 0 saturated heterocycles. The predicted octanol–water partition coefficient (Wildman–Crippen LogP) is 7.07. The summed E-state index contributed by atoms with van der Waals surface area (Å²) in [4.78, 5) is 1.56. The van der Waals surface area contributed by atoms with E-state index in [9.17, 15) is 4.39 Å². The van der Waals surface area contributed by atoms with Crippen LogP contribution in [-0.2, 0) is 0 Å². The van der Waals surface area contributed by atoms with Crippen LogP contribution in [-0.4, -0.2) is 7.05 Å². The molecule has 0 amide bonds. The largest absolute Gasteiger partial charge is 0.340 e. The molecule has 0 aliphatic rings. The molecule has 1 nitrogen and oxygen atoms in total. The van der Waals surface area contributed by atoms with Crippen molar-refractivity contribution in [3.63, 3.8) is 0 Å². The molecule has 0 radical (unpaired) electrons. The molecule has 138 valence electrons. The van der Waals surface area contributed by atoms with Crippen molar-refractivity contribution in [2.75, 3.05) is 11.9 Å². The first-order valence-electron chi connectivity index (χ1n) is 9.08. The molecule has 0 saturated carbocycles. The van der Waals surface area contributed by atoms with Gasteiger partial charge in [-0.2, -0.15) is 0 Å². The lowest BCUT2D eigenvalue weighted by molar-refractivity contribution is 0.619. The maximum Gasteiger partial charge on any atom is 0.154 e. The molecular weight excluding hydrogens is 352 g/mol. The van der Waals surface area contributed by atoms with Gasteiger partial charge >= 0.3 is 0 Å². The molecule has 4 aromatic rings. The van der Waals surface area contributed by atoms with E-state index in [1.54, 1.807) is 36.2 Å². The third-order valence-electron chi connectivity index (χ3n) is 4.82. The highest BCUT2D eigenvalue weighted by molar-refractivity contribution is 5.81. The number of benzene rings is 4. The summed E-state index contributed by atoms with van der Waals surface area (Å²) in [6, 6.07) is 29.2. The highest BCUT2D eigenvalue weighted by atomic mass is 19.1. The minimum atomic E-state index is -0.393. The SMILES string of the molecule is CN(c1ccccc1F)c1cc(-c2ccccc2)cc(-c2ccccc2)c1F. The molecule has 3 heteroatoms. The van der Waals surface area contributed by atoms with Crippen LogP contribution < -0.4 is 4.90 Å². The van der Waals surface area contributed by atoms with Crippen LogP contribution >= 0.6 is 0 Å². The van der Waals surface area contributed by atoms with Gasteiger partial charge in [-0.25, -0.2) is 8.78 Å². The predicted molar refractivity (Wildman–Crippen MR) is 112 cm³/mol. The summed E-state index contributed by atoms with van der Waals surface area (Å²) in [6.45, 7) is 0. The smallest absolute Gasteiger partial charge is 0.154 e. The number of anilines is 2. The molecular formula is C25H19F2N. The molecule has 0 fully saturated rings. The third kappa shape index (κ3) is 3.39.